The summed E-state index contributed by atoms with van der Waals surface area (Å²) >= 11 is 1.91. The van der Waals surface area contributed by atoms with Crippen LogP contribution in [-0.2, 0) is 0 Å². The third-order valence-corrected chi connectivity index (χ3v) is 5.04. The molecule has 0 bridgehead atoms. The first-order chi connectivity index (χ1) is 9.42. The summed E-state index contributed by atoms with van der Waals surface area (Å²) in [6, 6.07) is 19.7. The minimum Gasteiger partial charge on any atom is -0.229 e. The van der Waals surface area contributed by atoms with E-state index >= 15 is 0 Å². The van der Waals surface area contributed by atoms with Crippen molar-refractivity contribution in [3.05, 3.63) is 59.7 Å². The number of rotatable bonds is 4. The predicted octanol–water partition coefficient (Wildman–Crippen LogP) is -0.799. The van der Waals surface area contributed by atoms with Gasteiger partial charge in [0.25, 0.3) is 0 Å². The maximum absolute atomic E-state index is 3.45. The average molecular weight is 278 g/mol. The second-order valence-corrected chi connectivity index (χ2v) is 6.63. The fourth-order valence-electron chi connectivity index (χ4n) is 2.55. The Hall–Kier alpha value is -0.0152. The van der Waals surface area contributed by atoms with Crippen LogP contribution in [0, 0.1) is 12.1 Å². The average Bonchev–Trinajstić information content (AvgIpc) is 3.31. The van der Waals surface area contributed by atoms with E-state index in [1.54, 1.807) is 0 Å². The van der Waals surface area contributed by atoms with Crippen LogP contribution in [0.2, 0.25) is 0 Å². The summed E-state index contributed by atoms with van der Waals surface area (Å²) in [5, 5.41) is 0. The Morgan fingerprint density at radius 3 is 1.57 bits per heavy atom. The van der Waals surface area contributed by atoms with Crippen molar-refractivity contribution in [2.24, 2.45) is 0 Å². The summed E-state index contributed by atoms with van der Waals surface area (Å²) in [7, 11) is 0. The Morgan fingerprint density at radius 2 is 1.19 bits per heavy atom. The van der Waals surface area contributed by atoms with Crippen LogP contribution < -0.4 is 37.7 Å². The van der Waals surface area contributed by atoms with Crippen molar-refractivity contribution < 1.29 is 37.7 Å². The standard InChI is InChI=1S/C18H16S.2Li/c1-3-7-17(15(5-1)13-9-10-13)19-18-8-4-2-6-16(18)14-11-12-14;;/h1-4,7-8,13-14H,9-12H2;;/q-2;2*+1. The molecule has 0 N–H and O–H groups in total. The van der Waals surface area contributed by atoms with Gasteiger partial charge in [-0.1, -0.05) is 0 Å². The van der Waals surface area contributed by atoms with Crippen molar-refractivity contribution >= 4 is 11.8 Å². The van der Waals surface area contributed by atoms with E-state index in [1.807, 2.05) is 11.8 Å². The fraction of sp³-hybridized carbons (Fsp3) is 0.333. The molecule has 0 atom stereocenters. The van der Waals surface area contributed by atoms with Crippen molar-refractivity contribution in [2.75, 3.05) is 0 Å². The molecule has 0 spiro atoms. The van der Waals surface area contributed by atoms with Crippen LogP contribution in [0.1, 0.15) is 48.6 Å². The van der Waals surface area contributed by atoms with Gasteiger partial charge >= 0.3 is 37.7 Å². The topological polar surface area (TPSA) is 0 Å². The van der Waals surface area contributed by atoms with Gasteiger partial charge in [0, 0.05) is 0 Å². The SMILES string of the molecule is [Li+].[Li+].[c-]1cccc(Sc2ccc[c-]c2C2CC2)c1C1CC1. The number of hydrogen-bond acceptors (Lipinski definition) is 1. The fourth-order valence-corrected chi connectivity index (χ4v) is 3.75. The van der Waals surface area contributed by atoms with Gasteiger partial charge in [0.1, 0.15) is 0 Å². The van der Waals surface area contributed by atoms with Crippen LogP contribution in [0.4, 0.5) is 0 Å². The van der Waals surface area contributed by atoms with E-state index in [-0.39, 0.29) is 37.7 Å². The predicted molar refractivity (Wildman–Crippen MR) is 78.6 cm³/mol. The van der Waals surface area contributed by atoms with Crippen LogP contribution >= 0.6 is 11.8 Å². The van der Waals surface area contributed by atoms with E-state index in [4.69, 9.17) is 0 Å². The molecule has 0 radical (unpaired) electrons. The second-order valence-electron chi connectivity index (χ2n) is 5.55. The molecular formula is C18H16Li2S. The Bertz CT molecular complexity index is 550. The molecule has 2 aromatic rings. The summed E-state index contributed by atoms with van der Waals surface area (Å²) in [5.41, 5.74) is 2.86. The third kappa shape index (κ3) is 4.04. The molecule has 0 aromatic heterocycles. The zero-order chi connectivity index (χ0) is 12.7. The van der Waals surface area contributed by atoms with Crippen molar-refractivity contribution in [2.45, 2.75) is 47.3 Å². The zero-order valence-electron chi connectivity index (χ0n) is 12.9. The van der Waals surface area contributed by atoms with Gasteiger partial charge in [0.2, 0.25) is 0 Å². The Kier molecular flexibility index (Phi) is 6.20. The molecule has 2 aromatic carbocycles. The zero-order valence-corrected chi connectivity index (χ0v) is 13.7. The van der Waals surface area contributed by atoms with Gasteiger partial charge in [0.05, 0.1) is 0 Å². The van der Waals surface area contributed by atoms with Crippen molar-refractivity contribution in [3.63, 3.8) is 0 Å². The van der Waals surface area contributed by atoms with Gasteiger partial charge in [-0.05, 0) is 37.5 Å². The monoisotopic (exact) mass is 278 g/mol. The molecule has 21 heavy (non-hydrogen) atoms. The minimum atomic E-state index is 0. The first-order valence-electron chi connectivity index (χ1n) is 7.11. The normalized spacial score (nSPS) is 16.8. The van der Waals surface area contributed by atoms with Crippen molar-refractivity contribution in [1.29, 1.82) is 0 Å². The van der Waals surface area contributed by atoms with Gasteiger partial charge in [-0.15, -0.1) is 20.9 Å². The summed E-state index contributed by atoms with van der Waals surface area (Å²) < 4.78 is 0. The molecule has 0 nitrogen and oxygen atoms in total. The van der Waals surface area contributed by atoms with E-state index in [9.17, 15) is 0 Å². The van der Waals surface area contributed by atoms with Gasteiger partial charge in [-0.3, -0.25) is 0 Å². The van der Waals surface area contributed by atoms with Gasteiger partial charge in [-0.25, -0.2) is 11.8 Å². The van der Waals surface area contributed by atoms with E-state index in [2.05, 4.69) is 48.5 Å². The quantitative estimate of drug-likeness (QED) is 0.521. The molecule has 0 amide bonds. The minimum absolute atomic E-state index is 0. The first kappa shape index (κ1) is 17.3. The molecule has 4 rings (SSSR count). The first-order valence-corrected chi connectivity index (χ1v) is 7.92. The number of hydrogen-bond donors (Lipinski definition) is 0. The van der Waals surface area contributed by atoms with Crippen molar-refractivity contribution in [1.82, 2.24) is 0 Å². The van der Waals surface area contributed by atoms with E-state index < -0.39 is 0 Å². The maximum Gasteiger partial charge on any atom is 1.00 e. The Labute approximate surface area is 155 Å². The summed E-state index contributed by atoms with van der Waals surface area (Å²) in [6.07, 6.45) is 5.35. The molecule has 2 aliphatic rings. The van der Waals surface area contributed by atoms with Crippen LogP contribution in [0.25, 0.3) is 0 Å². The van der Waals surface area contributed by atoms with Crippen LogP contribution in [0.5, 0.6) is 0 Å². The van der Waals surface area contributed by atoms with E-state index in [0.717, 1.165) is 11.8 Å². The largest absolute Gasteiger partial charge is 1.00 e. The summed E-state index contributed by atoms with van der Waals surface area (Å²) in [4.78, 5) is 2.79. The third-order valence-electron chi connectivity index (χ3n) is 3.89. The molecule has 0 unspecified atom stereocenters. The molecule has 3 heteroatoms. The number of benzene rings is 2. The molecule has 0 aliphatic heterocycles. The van der Waals surface area contributed by atoms with Crippen molar-refractivity contribution in [3.8, 4) is 0 Å². The molecule has 2 fully saturated rings. The van der Waals surface area contributed by atoms with Gasteiger partial charge in [0.15, 0.2) is 0 Å². The van der Waals surface area contributed by atoms with Crippen LogP contribution in [-0.4, -0.2) is 0 Å². The second kappa shape index (κ2) is 7.50. The van der Waals surface area contributed by atoms with E-state index in [0.29, 0.717) is 0 Å². The Morgan fingerprint density at radius 1 is 0.762 bits per heavy atom. The molecular weight excluding hydrogens is 262 g/mol. The molecule has 2 aliphatic carbocycles. The summed E-state index contributed by atoms with van der Waals surface area (Å²) in [6.45, 7) is 0. The van der Waals surface area contributed by atoms with Gasteiger partial charge < -0.3 is 0 Å². The Balaban J connectivity index is 0.000000807. The van der Waals surface area contributed by atoms with Crippen LogP contribution in [0.3, 0.4) is 0 Å². The molecule has 0 heterocycles. The molecule has 2 saturated carbocycles. The van der Waals surface area contributed by atoms with E-state index in [1.165, 1.54) is 46.6 Å². The molecule has 0 saturated heterocycles. The van der Waals surface area contributed by atoms with Crippen LogP contribution in [0.15, 0.2) is 46.2 Å². The molecule has 96 valence electrons. The van der Waals surface area contributed by atoms with Gasteiger partial charge in [-0.2, -0.15) is 48.5 Å². The summed E-state index contributed by atoms with van der Waals surface area (Å²) in [5.74, 6) is 1.53. The maximum atomic E-state index is 3.45. The smallest absolute Gasteiger partial charge is 0.229 e.